The monoisotopic (exact) mass is 304 g/mol. The fourth-order valence-corrected chi connectivity index (χ4v) is 3.45. The van der Waals surface area contributed by atoms with E-state index in [4.69, 9.17) is 17.3 Å². The molecule has 19 heavy (non-hydrogen) atoms. The smallest absolute Gasteiger partial charge is 0.214 e. The second-order valence-electron chi connectivity index (χ2n) is 4.56. The van der Waals surface area contributed by atoms with E-state index in [0.717, 1.165) is 12.0 Å². The number of unbranched alkanes of at least 4 members (excludes halogenated alkanes) is 1. The summed E-state index contributed by atoms with van der Waals surface area (Å²) in [6.07, 6.45) is 1.31. The second-order valence-corrected chi connectivity index (χ2v) is 7.14. The van der Waals surface area contributed by atoms with Crippen LogP contribution in [0.2, 0.25) is 5.02 Å². The molecule has 0 aliphatic heterocycles. The number of sulfonamides is 1. The van der Waals surface area contributed by atoms with Gasteiger partial charge in [-0.15, -0.1) is 0 Å². The van der Waals surface area contributed by atoms with Crippen LogP contribution in [0, 0.1) is 0 Å². The van der Waals surface area contributed by atoms with Crippen molar-refractivity contribution >= 4 is 21.6 Å². The van der Waals surface area contributed by atoms with Gasteiger partial charge in [0, 0.05) is 18.1 Å². The highest BCUT2D eigenvalue weighted by molar-refractivity contribution is 7.89. The van der Waals surface area contributed by atoms with Crippen LogP contribution in [0.4, 0.5) is 0 Å². The van der Waals surface area contributed by atoms with Crippen LogP contribution in [0.1, 0.15) is 31.4 Å². The molecule has 1 aromatic rings. The summed E-state index contributed by atoms with van der Waals surface area (Å²) in [7, 11) is -1.66. The molecule has 1 aromatic carbocycles. The third kappa shape index (κ3) is 4.76. The zero-order valence-electron chi connectivity index (χ0n) is 11.3. The van der Waals surface area contributed by atoms with Crippen molar-refractivity contribution in [2.45, 2.75) is 25.8 Å². The zero-order valence-corrected chi connectivity index (χ0v) is 12.9. The van der Waals surface area contributed by atoms with E-state index >= 15 is 0 Å². The maximum absolute atomic E-state index is 12.2. The van der Waals surface area contributed by atoms with Crippen LogP contribution < -0.4 is 5.73 Å². The molecule has 2 N–H and O–H groups in total. The molecule has 0 bridgehead atoms. The van der Waals surface area contributed by atoms with Crippen molar-refractivity contribution in [1.29, 1.82) is 0 Å². The molecule has 0 radical (unpaired) electrons. The molecule has 0 aliphatic carbocycles. The summed E-state index contributed by atoms with van der Waals surface area (Å²) in [5, 5.41) is 0.610. The molecular weight excluding hydrogens is 284 g/mol. The van der Waals surface area contributed by atoms with E-state index < -0.39 is 10.0 Å². The largest absolute Gasteiger partial charge is 0.330 e. The Labute approximate surface area is 120 Å². The first-order chi connectivity index (χ1) is 8.88. The first-order valence-electron chi connectivity index (χ1n) is 6.29. The number of halogens is 1. The van der Waals surface area contributed by atoms with Crippen LogP contribution in [0.15, 0.2) is 24.3 Å². The summed E-state index contributed by atoms with van der Waals surface area (Å²) in [6.45, 7) is 2.37. The average molecular weight is 305 g/mol. The van der Waals surface area contributed by atoms with Gasteiger partial charge in [-0.3, -0.25) is 0 Å². The fourth-order valence-electron chi connectivity index (χ4n) is 1.79. The summed E-state index contributed by atoms with van der Waals surface area (Å²) in [5.41, 5.74) is 6.26. The minimum absolute atomic E-state index is 0.131. The highest BCUT2D eigenvalue weighted by Gasteiger charge is 2.23. The van der Waals surface area contributed by atoms with Crippen molar-refractivity contribution in [2.75, 3.05) is 19.3 Å². The summed E-state index contributed by atoms with van der Waals surface area (Å²) < 4.78 is 25.7. The van der Waals surface area contributed by atoms with Crippen molar-refractivity contribution in [3.63, 3.8) is 0 Å². The molecule has 6 heteroatoms. The Morgan fingerprint density at radius 2 is 2.05 bits per heavy atom. The Morgan fingerprint density at radius 1 is 1.37 bits per heavy atom. The van der Waals surface area contributed by atoms with Gasteiger partial charge >= 0.3 is 0 Å². The normalized spacial score (nSPS) is 13.7. The van der Waals surface area contributed by atoms with Crippen molar-refractivity contribution < 1.29 is 8.42 Å². The first kappa shape index (κ1) is 16.4. The van der Waals surface area contributed by atoms with Crippen molar-refractivity contribution in [3.8, 4) is 0 Å². The number of nitrogens with zero attached hydrogens (tertiary/aromatic N) is 1. The van der Waals surface area contributed by atoms with Crippen LogP contribution in [0.5, 0.6) is 0 Å². The van der Waals surface area contributed by atoms with Crippen molar-refractivity contribution in [3.05, 3.63) is 34.9 Å². The third-order valence-electron chi connectivity index (χ3n) is 3.17. The van der Waals surface area contributed by atoms with Crippen LogP contribution >= 0.6 is 11.6 Å². The number of hydrogen-bond acceptors (Lipinski definition) is 3. The lowest BCUT2D eigenvalue weighted by molar-refractivity contribution is 0.397. The number of nitrogens with two attached hydrogens (primary N) is 1. The van der Waals surface area contributed by atoms with Gasteiger partial charge in [0.25, 0.3) is 0 Å². The van der Waals surface area contributed by atoms with E-state index in [9.17, 15) is 8.42 Å². The molecule has 0 saturated heterocycles. The summed E-state index contributed by atoms with van der Waals surface area (Å²) >= 11 is 5.93. The maximum atomic E-state index is 12.2. The Balaban J connectivity index is 2.78. The van der Waals surface area contributed by atoms with Gasteiger partial charge in [0.2, 0.25) is 10.0 Å². The highest BCUT2D eigenvalue weighted by Crippen LogP contribution is 2.24. The number of hydrogen-bond donors (Lipinski definition) is 1. The Morgan fingerprint density at radius 3 is 2.63 bits per heavy atom. The Kier molecular flexibility index (Phi) is 6.26. The lowest BCUT2D eigenvalue weighted by Gasteiger charge is -2.24. The quantitative estimate of drug-likeness (QED) is 0.787. The molecule has 108 valence electrons. The first-order valence-corrected chi connectivity index (χ1v) is 8.28. The maximum Gasteiger partial charge on any atom is 0.214 e. The van der Waals surface area contributed by atoms with E-state index in [0.29, 0.717) is 18.0 Å². The van der Waals surface area contributed by atoms with Gasteiger partial charge in [-0.05, 0) is 44.0 Å². The Bertz CT molecular complexity index is 505. The topological polar surface area (TPSA) is 63.4 Å². The van der Waals surface area contributed by atoms with Crippen LogP contribution in [0.25, 0.3) is 0 Å². The highest BCUT2D eigenvalue weighted by atomic mass is 35.5. The molecule has 0 saturated carbocycles. The van der Waals surface area contributed by atoms with Gasteiger partial charge < -0.3 is 5.73 Å². The molecule has 0 spiro atoms. The molecule has 1 atom stereocenters. The molecule has 1 rings (SSSR count). The number of rotatable bonds is 7. The average Bonchev–Trinajstić information content (AvgIpc) is 2.37. The van der Waals surface area contributed by atoms with E-state index in [1.165, 1.54) is 4.31 Å². The molecular formula is C13H21ClN2O2S. The van der Waals surface area contributed by atoms with Gasteiger partial charge in [0.05, 0.1) is 5.75 Å². The van der Waals surface area contributed by atoms with Crippen LogP contribution in [0.3, 0.4) is 0 Å². The minimum atomic E-state index is -3.26. The third-order valence-corrected chi connectivity index (χ3v) is 5.41. The zero-order chi connectivity index (χ0) is 14.5. The molecule has 0 aromatic heterocycles. The standard InChI is InChI=1S/C13H21ClN2O2S/c1-11(12-6-5-7-13(14)10-12)16(2)19(17,18)9-4-3-8-15/h5-7,10-11H,3-4,8-9,15H2,1-2H3. The van der Waals surface area contributed by atoms with E-state index in [1.54, 1.807) is 19.2 Å². The predicted octanol–water partition coefficient (Wildman–Crippen LogP) is 2.40. The second kappa shape index (κ2) is 7.24. The van der Waals surface area contributed by atoms with Gasteiger partial charge in [-0.1, -0.05) is 23.7 Å². The van der Waals surface area contributed by atoms with Gasteiger partial charge in [-0.2, -0.15) is 4.31 Å². The molecule has 0 amide bonds. The molecule has 0 fully saturated rings. The molecule has 0 aliphatic rings. The fraction of sp³-hybridized carbons (Fsp3) is 0.538. The summed E-state index contributed by atoms with van der Waals surface area (Å²) in [4.78, 5) is 0. The lowest BCUT2D eigenvalue weighted by atomic mass is 10.1. The van der Waals surface area contributed by atoms with Gasteiger partial charge in [0.1, 0.15) is 0 Å². The van der Waals surface area contributed by atoms with E-state index in [2.05, 4.69) is 0 Å². The van der Waals surface area contributed by atoms with Crippen LogP contribution in [-0.4, -0.2) is 32.1 Å². The minimum Gasteiger partial charge on any atom is -0.330 e. The van der Waals surface area contributed by atoms with Crippen molar-refractivity contribution in [2.24, 2.45) is 5.73 Å². The van der Waals surface area contributed by atoms with Crippen molar-refractivity contribution in [1.82, 2.24) is 4.31 Å². The number of benzene rings is 1. The molecule has 0 heterocycles. The predicted molar refractivity (Wildman–Crippen MR) is 79.7 cm³/mol. The summed E-state index contributed by atoms with van der Waals surface area (Å²) in [6, 6.07) is 7.03. The van der Waals surface area contributed by atoms with E-state index in [-0.39, 0.29) is 11.8 Å². The Hall–Kier alpha value is -0.620. The molecule has 4 nitrogen and oxygen atoms in total. The molecule has 1 unspecified atom stereocenters. The lowest BCUT2D eigenvalue weighted by Crippen LogP contribution is -2.32. The van der Waals surface area contributed by atoms with Gasteiger partial charge in [0.15, 0.2) is 0 Å². The SMILES string of the molecule is CC(c1cccc(Cl)c1)N(C)S(=O)(=O)CCCCN. The summed E-state index contributed by atoms with van der Waals surface area (Å²) in [5.74, 6) is 0.131. The van der Waals surface area contributed by atoms with Gasteiger partial charge in [-0.25, -0.2) is 8.42 Å². The van der Waals surface area contributed by atoms with E-state index in [1.807, 2.05) is 19.1 Å². The van der Waals surface area contributed by atoms with Crippen LogP contribution in [-0.2, 0) is 10.0 Å².